The zero-order chi connectivity index (χ0) is 11.4. The summed E-state index contributed by atoms with van der Waals surface area (Å²) >= 11 is 1.11. The largest absolute Gasteiger partial charge is 0.288 e. The molecule has 0 spiro atoms. The van der Waals surface area contributed by atoms with E-state index in [9.17, 15) is 4.79 Å². The van der Waals surface area contributed by atoms with Crippen molar-refractivity contribution < 1.29 is 9.63 Å². The van der Waals surface area contributed by atoms with E-state index in [1.165, 1.54) is 12.8 Å². The van der Waals surface area contributed by atoms with E-state index < -0.39 is 0 Å². The van der Waals surface area contributed by atoms with Crippen LogP contribution < -0.4 is 5.48 Å². The van der Waals surface area contributed by atoms with Gasteiger partial charge in [-0.15, -0.1) is 5.10 Å². The molecule has 0 bridgehead atoms. The van der Waals surface area contributed by atoms with Gasteiger partial charge in [0.15, 0.2) is 0 Å². The summed E-state index contributed by atoms with van der Waals surface area (Å²) in [5.74, 6) is -0.223. The van der Waals surface area contributed by atoms with E-state index in [0.29, 0.717) is 11.3 Å². The van der Waals surface area contributed by atoms with Gasteiger partial charge in [0.2, 0.25) is 0 Å². The average molecular weight is 241 g/mol. The first-order valence-corrected chi connectivity index (χ1v) is 6.35. The molecule has 1 amide bonds. The number of nitrogens with one attached hydrogen (secondary N) is 1. The van der Waals surface area contributed by atoms with Crippen molar-refractivity contribution in [1.29, 1.82) is 0 Å². The second kappa shape index (κ2) is 5.36. The maximum atomic E-state index is 11.7. The van der Waals surface area contributed by atoms with Crippen molar-refractivity contribution in [3.05, 3.63) is 10.6 Å². The highest BCUT2D eigenvalue weighted by Gasteiger charge is 2.19. The Morgan fingerprint density at radius 2 is 2.31 bits per heavy atom. The second-order valence-electron chi connectivity index (χ2n) is 3.86. The highest BCUT2D eigenvalue weighted by molar-refractivity contribution is 7.07. The molecule has 0 unspecified atom stereocenters. The van der Waals surface area contributed by atoms with E-state index in [1.54, 1.807) is 0 Å². The van der Waals surface area contributed by atoms with Crippen LogP contribution in [0.3, 0.4) is 0 Å². The Kier molecular flexibility index (Phi) is 3.84. The Morgan fingerprint density at radius 1 is 1.56 bits per heavy atom. The Morgan fingerprint density at radius 3 is 3.00 bits per heavy atom. The van der Waals surface area contributed by atoms with Crippen molar-refractivity contribution in [1.82, 2.24) is 15.1 Å². The van der Waals surface area contributed by atoms with Crippen LogP contribution in [0.15, 0.2) is 0 Å². The van der Waals surface area contributed by atoms with Crippen molar-refractivity contribution in [2.24, 2.45) is 0 Å². The van der Waals surface area contributed by atoms with Crippen molar-refractivity contribution >= 4 is 17.4 Å². The van der Waals surface area contributed by atoms with Gasteiger partial charge in [-0.25, -0.2) is 5.48 Å². The van der Waals surface area contributed by atoms with Crippen LogP contribution in [0.5, 0.6) is 0 Å². The predicted molar refractivity (Wildman–Crippen MR) is 60.1 cm³/mol. The lowest BCUT2D eigenvalue weighted by molar-refractivity contribution is -0.0123. The summed E-state index contributed by atoms with van der Waals surface area (Å²) in [5.41, 5.74) is 3.23. The van der Waals surface area contributed by atoms with Gasteiger partial charge < -0.3 is 0 Å². The number of carbonyl (C=O) groups excluding carboxylic acids is 1. The molecule has 1 aliphatic rings. The molecule has 1 heterocycles. The van der Waals surface area contributed by atoms with Crippen molar-refractivity contribution in [2.45, 2.75) is 45.1 Å². The SMILES string of the molecule is CCc1nnsc1C(=O)NOC1CCCC1. The maximum Gasteiger partial charge on any atom is 0.288 e. The Balaban J connectivity index is 1.87. The molecule has 1 aromatic heterocycles. The van der Waals surface area contributed by atoms with Gasteiger partial charge in [0.05, 0.1) is 11.8 Å². The van der Waals surface area contributed by atoms with Gasteiger partial charge in [0.1, 0.15) is 4.88 Å². The van der Waals surface area contributed by atoms with Crippen LogP contribution >= 0.6 is 11.5 Å². The minimum absolute atomic E-state index is 0.176. The zero-order valence-electron chi connectivity index (χ0n) is 9.23. The van der Waals surface area contributed by atoms with E-state index >= 15 is 0 Å². The summed E-state index contributed by atoms with van der Waals surface area (Å²) in [6.45, 7) is 1.95. The molecule has 0 radical (unpaired) electrons. The van der Waals surface area contributed by atoms with Crippen molar-refractivity contribution in [3.63, 3.8) is 0 Å². The van der Waals surface area contributed by atoms with Gasteiger partial charge in [0.25, 0.3) is 5.91 Å². The van der Waals surface area contributed by atoms with Crippen LogP contribution in [-0.4, -0.2) is 21.6 Å². The molecule has 2 rings (SSSR count). The minimum Gasteiger partial charge on any atom is -0.270 e. The molecule has 88 valence electrons. The van der Waals surface area contributed by atoms with Crippen LogP contribution in [-0.2, 0) is 11.3 Å². The number of aromatic nitrogens is 2. The molecule has 1 saturated carbocycles. The van der Waals surface area contributed by atoms with Crippen LogP contribution in [0.1, 0.15) is 48.0 Å². The monoisotopic (exact) mass is 241 g/mol. The van der Waals surface area contributed by atoms with Gasteiger partial charge >= 0.3 is 0 Å². The van der Waals surface area contributed by atoms with E-state index in [2.05, 4.69) is 15.1 Å². The molecule has 1 N–H and O–H groups in total. The molecular formula is C10H15N3O2S. The summed E-state index contributed by atoms with van der Waals surface area (Å²) in [4.78, 5) is 17.6. The van der Waals surface area contributed by atoms with Crippen LogP contribution in [0, 0.1) is 0 Å². The first kappa shape index (κ1) is 11.5. The Hall–Kier alpha value is -1.01. The molecule has 1 fully saturated rings. The van der Waals surface area contributed by atoms with E-state index in [4.69, 9.17) is 4.84 Å². The number of nitrogens with zero attached hydrogens (tertiary/aromatic N) is 2. The smallest absolute Gasteiger partial charge is 0.270 e. The average Bonchev–Trinajstić information content (AvgIpc) is 2.96. The second-order valence-corrected chi connectivity index (χ2v) is 4.61. The summed E-state index contributed by atoms with van der Waals surface area (Å²) in [5, 5.41) is 3.89. The lowest BCUT2D eigenvalue weighted by Gasteiger charge is -2.10. The maximum absolute atomic E-state index is 11.7. The fraction of sp³-hybridized carbons (Fsp3) is 0.700. The van der Waals surface area contributed by atoms with Gasteiger partial charge in [-0.2, -0.15) is 0 Å². The third kappa shape index (κ3) is 2.56. The van der Waals surface area contributed by atoms with Crippen LogP contribution in [0.4, 0.5) is 0 Å². The Labute approximate surface area is 98.3 Å². The molecule has 0 saturated heterocycles. The number of carbonyl (C=O) groups is 1. The normalized spacial score (nSPS) is 16.6. The summed E-state index contributed by atoms with van der Waals surface area (Å²) in [7, 11) is 0. The van der Waals surface area contributed by atoms with Gasteiger partial charge in [-0.1, -0.05) is 24.3 Å². The highest BCUT2D eigenvalue weighted by atomic mass is 32.1. The topological polar surface area (TPSA) is 64.1 Å². The molecule has 0 aromatic carbocycles. The number of hydrogen-bond donors (Lipinski definition) is 1. The van der Waals surface area contributed by atoms with Crippen molar-refractivity contribution in [2.75, 3.05) is 0 Å². The summed E-state index contributed by atoms with van der Waals surface area (Å²) in [6.07, 6.45) is 5.31. The molecule has 16 heavy (non-hydrogen) atoms. The first-order chi connectivity index (χ1) is 7.81. The number of aryl methyl sites for hydroxylation is 1. The first-order valence-electron chi connectivity index (χ1n) is 5.58. The molecule has 0 aliphatic heterocycles. The molecule has 0 atom stereocenters. The molecule has 1 aliphatic carbocycles. The molecule has 5 nitrogen and oxygen atoms in total. The zero-order valence-corrected chi connectivity index (χ0v) is 10.0. The Bertz CT molecular complexity index is 361. The number of hydroxylamine groups is 1. The highest BCUT2D eigenvalue weighted by Crippen LogP contribution is 2.20. The predicted octanol–water partition coefficient (Wildman–Crippen LogP) is 1.70. The van der Waals surface area contributed by atoms with Crippen LogP contribution in [0.25, 0.3) is 0 Å². The van der Waals surface area contributed by atoms with Gasteiger partial charge in [-0.3, -0.25) is 9.63 Å². The quantitative estimate of drug-likeness (QED) is 0.815. The summed E-state index contributed by atoms with van der Waals surface area (Å²) < 4.78 is 3.77. The third-order valence-corrected chi connectivity index (χ3v) is 3.48. The summed E-state index contributed by atoms with van der Waals surface area (Å²) in [6, 6.07) is 0. The van der Waals surface area contributed by atoms with Crippen molar-refractivity contribution in [3.8, 4) is 0 Å². The van der Waals surface area contributed by atoms with Crippen LogP contribution in [0.2, 0.25) is 0 Å². The third-order valence-electron chi connectivity index (χ3n) is 2.72. The fourth-order valence-corrected chi connectivity index (χ4v) is 2.44. The fourth-order valence-electron chi connectivity index (χ4n) is 1.80. The molecular weight excluding hydrogens is 226 g/mol. The van der Waals surface area contributed by atoms with E-state index in [0.717, 1.165) is 30.1 Å². The number of rotatable bonds is 4. The minimum atomic E-state index is -0.223. The lowest BCUT2D eigenvalue weighted by Crippen LogP contribution is -2.28. The standard InChI is InChI=1S/C10H15N3O2S/c1-2-8-9(16-13-11-8)10(14)12-15-7-5-3-4-6-7/h7H,2-6H2,1H3,(H,12,14). The molecule has 6 heteroatoms. The number of hydrogen-bond acceptors (Lipinski definition) is 5. The van der Waals surface area contributed by atoms with Gasteiger partial charge in [0, 0.05) is 0 Å². The van der Waals surface area contributed by atoms with Gasteiger partial charge in [-0.05, 0) is 30.8 Å². The molecule has 1 aromatic rings. The number of amides is 1. The van der Waals surface area contributed by atoms with E-state index in [1.807, 2.05) is 6.92 Å². The van der Waals surface area contributed by atoms with E-state index in [-0.39, 0.29) is 12.0 Å². The lowest BCUT2D eigenvalue weighted by atomic mass is 10.3.